The first-order valence-electron chi connectivity index (χ1n) is 4.91. The normalized spacial score (nSPS) is 12.4. The van der Waals surface area contributed by atoms with Gasteiger partial charge in [-0.25, -0.2) is 0 Å². The summed E-state index contributed by atoms with van der Waals surface area (Å²) < 4.78 is 0. The number of hydrogen-bond acceptors (Lipinski definition) is 3. The van der Waals surface area contributed by atoms with Crippen LogP contribution >= 0.6 is 11.8 Å². The number of Topliss-reactive ketones (excluding diaryl/α,β-unsaturated/α-hetero) is 1. The molecule has 0 aliphatic rings. The molecule has 0 amide bonds. The van der Waals surface area contributed by atoms with Crippen LogP contribution in [0, 0.1) is 0 Å². The molecule has 4 heteroatoms. The van der Waals surface area contributed by atoms with Crippen molar-refractivity contribution in [2.24, 2.45) is 0 Å². The van der Waals surface area contributed by atoms with Gasteiger partial charge in [-0.15, -0.1) is 11.8 Å². The number of hydrogen-bond donors (Lipinski definition) is 1. The van der Waals surface area contributed by atoms with E-state index >= 15 is 0 Å². The summed E-state index contributed by atoms with van der Waals surface area (Å²) in [5.74, 6) is -0.484. The highest BCUT2D eigenvalue weighted by atomic mass is 32.2. The van der Waals surface area contributed by atoms with Gasteiger partial charge >= 0.3 is 5.97 Å². The SMILES string of the molecule is CCCCC(=O)CC(C)SCC(=O)O. The van der Waals surface area contributed by atoms with Crippen molar-refractivity contribution in [1.82, 2.24) is 0 Å². The molecule has 3 nitrogen and oxygen atoms in total. The average molecular weight is 218 g/mol. The summed E-state index contributed by atoms with van der Waals surface area (Å²) in [4.78, 5) is 21.6. The molecule has 0 aromatic carbocycles. The van der Waals surface area contributed by atoms with Gasteiger partial charge in [0, 0.05) is 18.1 Å². The topological polar surface area (TPSA) is 54.4 Å². The minimum atomic E-state index is -0.817. The number of rotatable bonds is 8. The van der Waals surface area contributed by atoms with Crippen molar-refractivity contribution < 1.29 is 14.7 Å². The molecule has 0 rings (SSSR count). The van der Waals surface area contributed by atoms with Crippen LogP contribution in [0.5, 0.6) is 0 Å². The van der Waals surface area contributed by atoms with Gasteiger partial charge in [-0.05, 0) is 6.42 Å². The van der Waals surface area contributed by atoms with Gasteiger partial charge in [0.1, 0.15) is 5.78 Å². The van der Waals surface area contributed by atoms with E-state index in [2.05, 4.69) is 6.92 Å². The zero-order valence-electron chi connectivity index (χ0n) is 8.78. The van der Waals surface area contributed by atoms with Crippen LogP contribution in [-0.2, 0) is 9.59 Å². The number of carboxylic acids is 1. The van der Waals surface area contributed by atoms with E-state index in [1.54, 1.807) is 0 Å². The van der Waals surface area contributed by atoms with Gasteiger partial charge in [0.15, 0.2) is 0 Å². The third kappa shape index (κ3) is 8.10. The van der Waals surface area contributed by atoms with Gasteiger partial charge in [0.2, 0.25) is 0 Å². The lowest BCUT2D eigenvalue weighted by Crippen LogP contribution is -2.10. The fraction of sp³-hybridized carbons (Fsp3) is 0.800. The Hall–Kier alpha value is -0.510. The summed E-state index contributed by atoms with van der Waals surface area (Å²) >= 11 is 1.33. The Labute approximate surface area is 89.3 Å². The summed E-state index contributed by atoms with van der Waals surface area (Å²) in [6.45, 7) is 3.95. The number of carboxylic acid groups (broad SMARTS) is 1. The molecule has 1 unspecified atom stereocenters. The highest BCUT2D eigenvalue weighted by Gasteiger charge is 2.10. The average Bonchev–Trinajstić information content (AvgIpc) is 2.11. The third-order valence-electron chi connectivity index (χ3n) is 1.82. The molecule has 0 saturated heterocycles. The molecule has 1 atom stereocenters. The second-order valence-corrected chi connectivity index (χ2v) is 4.79. The standard InChI is InChI=1S/C10H18O3S/c1-3-4-5-9(11)6-8(2)14-7-10(12)13/h8H,3-7H2,1-2H3,(H,12,13). The van der Waals surface area contributed by atoms with Crippen molar-refractivity contribution in [3.63, 3.8) is 0 Å². The Balaban J connectivity index is 3.55. The molecule has 0 heterocycles. The van der Waals surface area contributed by atoms with Crippen molar-refractivity contribution in [3.8, 4) is 0 Å². The van der Waals surface area contributed by atoms with Crippen molar-refractivity contribution in [3.05, 3.63) is 0 Å². The monoisotopic (exact) mass is 218 g/mol. The Morgan fingerprint density at radius 3 is 2.57 bits per heavy atom. The van der Waals surface area contributed by atoms with E-state index in [0.717, 1.165) is 12.8 Å². The van der Waals surface area contributed by atoms with E-state index in [9.17, 15) is 9.59 Å². The number of carbonyl (C=O) groups is 2. The van der Waals surface area contributed by atoms with Crippen LogP contribution in [0.1, 0.15) is 39.5 Å². The van der Waals surface area contributed by atoms with E-state index in [-0.39, 0.29) is 16.8 Å². The first kappa shape index (κ1) is 13.5. The van der Waals surface area contributed by atoms with Crippen LogP contribution in [0.2, 0.25) is 0 Å². The molecular weight excluding hydrogens is 200 g/mol. The van der Waals surface area contributed by atoms with E-state index in [1.807, 2.05) is 6.92 Å². The molecule has 0 aliphatic carbocycles. The van der Waals surface area contributed by atoms with Gasteiger partial charge in [-0.1, -0.05) is 20.3 Å². The zero-order chi connectivity index (χ0) is 11.0. The lowest BCUT2D eigenvalue weighted by molar-refractivity contribution is -0.134. The van der Waals surface area contributed by atoms with Crippen LogP contribution in [0.15, 0.2) is 0 Å². The maximum Gasteiger partial charge on any atom is 0.313 e. The predicted molar refractivity (Wildman–Crippen MR) is 58.7 cm³/mol. The molecule has 0 saturated carbocycles. The fourth-order valence-corrected chi connectivity index (χ4v) is 1.80. The largest absolute Gasteiger partial charge is 0.481 e. The van der Waals surface area contributed by atoms with Crippen molar-refractivity contribution in [2.45, 2.75) is 44.8 Å². The van der Waals surface area contributed by atoms with Crippen LogP contribution in [0.4, 0.5) is 0 Å². The number of carbonyl (C=O) groups excluding carboxylic acids is 1. The lowest BCUT2D eigenvalue weighted by atomic mass is 10.1. The molecule has 82 valence electrons. The minimum absolute atomic E-state index is 0.0855. The second kappa shape index (κ2) is 7.85. The molecule has 0 fully saturated rings. The third-order valence-corrected chi connectivity index (χ3v) is 2.96. The number of thioether (sulfide) groups is 1. The summed E-state index contributed by atoms with van der Waals surface area (Å²) in [7, 11) is 0. The molecular formula is C10H18O3S. The minimum Gasteiger partial charge on any atom is -0.481 e. The summed E-state index contributed by atoms with van der Waals surface area (Å²) in [6, 6.07) is 0. The highest BCUT2D eigenvalue weighted by Crippen LogP contribution is 2.15. The smallest absolute Gasteiger partial charge is 0.313 e. The number of aliphatic carboxylic acids is 1. The Morgan fingerprint density at radius 2 is 2.07 bits per heavy atom. The van der Waals surface area contributed by atoms with Gasteiger partial charge in [-0.2, -0.15) is 0 Å². The molecule has 0 radical (unpaired) electrons. The number of ketones is 1. The maximum absolute atomic E-state index is 11.3. The zero-order valence-corrected chi connectivity index (χ0v) is 9.60. The first-order chi connectivity index (χ1) is 6.56. The van der Waals surface area contributed by atoms with Gasteiger partial charge < -0.3 is 5.11 Å². The Morgan fingerprint density at radius 1 is 1.43 bits per heavy atom. The molecule has 14 heavy (non-hydrogen) atoms. The van der Waals surface area contributed by atoms with Crippen LogP contribution in [-0.4, -0.2) is 27.9 Å². The Bertz CT molecular complexity index is 192. The number of unbranched alkanes of at least 4 members (excludes halogenated alkanes) is 1. The Kier molecular flexibility index (Phi) is 7.57. The fourth-order valence-electron chi connectivity index (χ4n) is 1.07. The molecule has 0 aliphatic heterocycles. The second-order valence-electron chi connectivity index (χ2n) is 3.36. The van der Waals surface area contributed by atoms with E-state index < -0.39 is 5.97 Å². The predicted octanol–water partition coefficient (Wildman–Crippen LogP) is 2.34. The van der Waals surface area contributed by atoms with Gasteiger partial charge in [-0.3, -0.25) is 9.59 Å². The molecule has 0 aromatic heterocycles. The van der Waals surface area contributed by atoms with Crippen molar-refractivity contribution in [1.29, 1.82) is 0 Å². The maximum atomic E-state index is 11.3. The summed E-state index contributed by atoms with van der Waals surface area (Å²) in [6.07, 6.45) is 3.10. The molecule has 0 aromatic rings. The highest BCUT2D eigenvalue weighted by molar-refractivity contribution is 8.00. The van der Waals surface area contributed by atoms with Crippen molar-refractivity contribution in [2.75, 3.05) is 5.75 Å². The van der Waals surface area contributed by atoms with Crippen LogP contribution < -0.4 is 0 Å². The van der Waals surface area contributed by atoms with Gasteiger partial charge in [0.05, 0.1) is 5.75 Å². The quantitative estimate of drug-likeness (QED) is 0.679. The van der Waals surface area contributed by atoms with E-state index in [4.69, 9.17) is 5.11 Å². The molecule has 0 bridgehead atoms. The van der Waals surface area contributed by atoms with E-state index in [0.29, 0.717) is 12.8 Å². The van der Waals surface area contributed by atoms with Crippen LogP contribution in [0.25, 0.3) is 0 Å². The van der Waals surface area contributed by atoms with E-state index in [1.165, 1.54) is 11.8 Å². The molecule has 0 spiro atoms. The lowest BCUT2D eigenvalue weighted by Gasteiger charge is -2.07. The first-order valence-corrected chi connectivity index (χ1v) is 5.96. The summed E-state index contributed by atoms with van der Waals surface area (Å²) in [5.41, 5.74) is 0. The van der Waals surface area contributed by atoms with Crippen LogP contribution in [0.3, 0.4) is 0 Å². The van der Waals surface area contributed by atoms with Gasteiger partial charge in [0.25, 0.3) is 0 Å². The molecule has 1 N–H and O–H groups in total. The van der Waals surface area contributed by atoms with Crippen molar-refractivity contribution >= 4 is 23.5 Å². The summed E-state index contributed by atoms with van der Waals surface area (Å²) in [5, 5.41) is 8.55.